The molecule has 3 nitrogen and oxygen atoms in total. The Hall–Kier alpha value is -2.94. The molecule has 1 aromatic heterocycles. The normalized spacial score (nSPS) is 11.0. The summed E-state index contributed by atoms with van der Waals surface area (Å²) in [5.41, 5.74) is 3.94. The van der Waals surface area contributed by atoms with Gasteiger partial charge in [0, 0.05) is 13.2 Å². The van der Waals surface area contributed by atoms with E-state index >= 15 is 0 Å². The predicted molar refractivity (Wildman–Crippen MR) is 88.5 cm³/mol. The zero-order valence-electron chi connectivity index (χ0n) is 12.3. The van der Waals surface area contributed by atoms with E-state index in [0.717, 1.165) is 11.1 Å². The van der Waals surface area contributed by atoms with Crippen molar-refractivity contribution in [2.24, 2.45) is 7.05 Å². The number of carbonyl (C=O) groups is 1. The largest absolute Gasteiger partial charge is 0.289 e. The Morgan fingerprint density at radius 2 is 1.68 bits per heavy atom. The van der Waals surface area contributed by atoms with Gasteiger partial charge in [-0.25, -0.2) is 0 Å². The number of aromatic nitrogens is 2. The second-order valence-corrected chi connectivity index (χ2v) is 5.09. The quantitative estimate of drug-likeness (QED) is 0.537. The molecule has 2 aromatic carbocycles. The molecule has 3 aromatic rings. The molecule has 0 aliphatic heterocycles. The maximum absolute atomic E-state index is 12.0. The molecule has 0 amide bonds. The lowest BCUT2D eigenvalue weighted by atomic mass is 10.0. The molecule has 0 radical (unpaired) electrons. The summed E-state index contributed by atoms with van der Waals surface area (Å²) in [6, 6.07) is 18.3. The number of rotatable bonds is 4. The zero-order chi connectivity index (χ0) is 15.4. The van der Waals surface area contributed by atoms with Crippen LogP contribution < -0.4 is 0 Å². The van der Waals surface area contributed by atoms with Crippen LogP contribution >= 0.6 is 0 Å². The molecule has 1 heterocycles. The molecule has 0 atom stereocenters. The number of allylic oxidation sites excluding steroid dienone is 1. The monoisotopic (exact) mass is 288 g/mol. The Bertz CT molecular complexity index is 799. The van der Waals surface area contributed by atoms with Gasteiger partial charge >= 0.3 is 0 Å². The second-order valence-electron chi connectivity index (χ2n) is 5.09. The third-order valence-corrected chi connectivity index (χ3v) is 3.43. The first-order valence-corrected chi connectivity index (χ1v) is 7.09. The van der Waals surface area contributed by atoms with Crippen LogP contribution in [0.5, 0.6) is 0 Å². The van der Waals surface area contributed by atoms with Crippen LogP contribution in [0.3, 0.4) is 0 Å². The van der Waals surface area contributed by atoms with Crippen molar-refractivity contribution in [2.75, 3.05) is 0 Å². The van der Waals surface area contributed by atoms with E-state index in [2.05, 4.69) is 29.4 Å². The molecule has 0 unspecified atom stereocenters. The molecule has 0 aliphatic rings. The minimum Gasteiger partial charge on any atom is -0.289 e. The topological polar surface area (TPSA) is 34.9 Å². The van der Waals surface area contributed by atoms with Gasteiger partial charge in [-0.1, -0.05) is 60.7 Å². The summed E-state index contributed by atoms with van der Waals surface area (Å²) in [6.45, 7) is 0. The fourth-order valence-corrected chi connectivity index (χ4v) is 2.23. The van der Waals surface area contributed by atoms with Gasteiger partial charge in [0.1, 0.15) is 0 Å². The summed E-state index contributed by atoms with van der Waals surface area (Å²) in [6.07, 6.45) is 6.69. The number of hydrogen-bond donors (Lipinski definition) is 0. The van der Waals surface area contributed by atoms with Gasteiger partial charge in [-0.05, 0) is 22.8 Å². The van der Waals surface area contributed by atoms with E-state index in [9.17, 15) is 4.79 Å². The lowest BCUT2D eigenvalue weighted by molar-refractivity contribution is 0.104. The summed E-state index contributed by atoms with van der Waals surface area (Å²) in [5, 5.41) is 4.00. The zero-order valence-corrected chi connectivity index (χ0v) is 12.3. The Morgan fingerprint density at radius 1 is 1.00 bits per heavy atom. The van der Waals surface area contributed by atoms with Crippen LogP contribution in [0.25, 0.3) is 17.2 Å². The van der Waals surface area contributed by atoms with E-state index in [0.29, 0.717) is 5.56 Å². The highest BCUT2D eigenvalue weighted by molar-refractivity contribution is 6.06. The lowest BCUT2D eigenvalue weighted by Gasteiger charge is -2.01. The van der Waals surface area contributed by atoms with Gasteiger partial charge in [0.25, 0.3) is 0 Å². The first-order chi connectivity index (χ1) is 10.7. The first-order valence-electron chi connectivity index (χ1n) is 7.09. The average molecular weight is 288 g/mol. The molecule has 3 heteroatoms. The highest BCUT2D eigenvalue weighted by Gasteiger charge is 2.03. The van der Waals surface area contributed by atoms with Crippen molar-refractivity contribution in [1.29, 1.82) is 0 Å². The highest BCUT2D eigenvalue weighted by atomic mass is 16.1. The molecule has 0 spiro atoms. The van der Waals surface area contributed by atoms with Crippen molar-refractivity contribution in [3.63, 3.8) is 0 Å². The van der Waals surface area contributed by atoms with Crippen molar-refractivity contribution in [3.05, 3.63) is 84.2 Å². The summed E-state index contributed by atoms with van der Waals surface area (Å²) in [4.78, 5) is 12.0. The number of carbonyl (C=O) groups excluding carboxylic acids is 1. The van der Waals surface area contributed by atoms with Gasteiger partial charge in [-0.3, -0.25) is 9.48 Å². The number of ketones is 1. The van der Waals surface area contributed by atoms with Gasteiger partial charge in [0.15, 0.2) is 5.78 Å². The van der Waals surface area contributed by atoms with Crippen molar-refractivity contribution in [3.8, 4) is 11.1 Å². The van der Waals surface area contributed by atoms with E-state index in [1.807, 2.05) is 36.4 Å². The molecule has 0 fully saturated rings. The van der Waals surface area contributed by atoms with Crippen molar-refractivity contribution in [2.45, 2.75) is 0 Å². The van der Waals surface area contributed by atoms with E-state index in [-0.39, 0.29) is 5.78 Å². The summed E-state index contributed by atoms with van der Waals surface area (Å²) < 4.78 is 1.62. The van der Waals surface area contributed by atoms with Gasteiger partial charge < -0.3 is 0 Å². The van der Waals surface area contributed by atoms with E-state index in [4.69, 9.17) is 0 Å². The fraction of sp³-hybridized carbons (Fsp3) is 0.0526. The first kappa shape index (κ1) is 14.0. The molecule has 0 saturated heterocycles. The van der Waals surface area contributed by atoms with Crippen molar-refractivity contribution in [1.82, 2.24) is 9.78 Å². The number of nitrogens with zero attached hydrogens (tertiary/aromatic N) is 2. The Kier molecular flexibility index (Phi) is 3.97. The lowest BCUT2D eigenvalue weighted by Crippen LogP contribution is -1.91. The average Bonchev–Trinajstić information content (AvgIpc) is 3.00. The molecular weight excluding hydrogens is 272 g/mol. The molecule has 0 aliphatic carbocycles. The molecule has 0 bridgehead atoms. The third kappa shape index (κ3) is 3.20. The number of aryl methyl sites for hydroxylation is 1. The maximum atomic E-state index is 12.0. The van der Waals surface area contributed by atoms with Crippen LogP contribution in [-0.4, -0.2) is 15.6 Å². The number of hydrogen-bond acceptors (Lipinski definition) is 2. The van der Waals surface area contributed by atoms with Crippen LogP contribution in [-0.2, 0) is 7.05 Å². The minimum absolute atomic E-state index is 0.0414. The Morgan fingerprint density at radius 3 is 2.32 bits per heavy atom. The van der Waals surface area contributed by atoms with Crippen LogP contribution in [0.2, 0.25) is 0 Å². The van der Waals surface area contributed by atoms with E-state index < -0.39 is 0 Å². The summed E-state index contributed by atoms with van der Waals surface area (Å²) in [5.74, 6) is -0.0414. The fourth-order valence-electron chi connectivity index (χ4n) is 2.23. The van der Waals surface area contributed by atoms with Crippen molar-refractivity contribution >= 4 is 11.9 Å². The van der Waals surface area contributed by atoms with Gasteiger partial charge in [0.2, 0.25) is 0 Å². The van der Waals surface area contributed by atoms with Crippen LogP contribution in [0.4, 0.5) is 0 Å². The summed E-state index contributed by atoms with van der Waals surface area (Å²) in [7, 11) is 1.79. The Balaban J connectivity index is 1.73. The predicted octanol–water partition coefficient (Wildman–Crippen LogP) is 3.98. The SMILES string of the molecule is Cn1cc(C(=O)C=Cc2ccc(-c3ccccc3)cc2)cn1. The van der Waals surface area contributed by atoms with Crippen molar-refractivity contribution < 1.29 is 4.79 Å². The van der Waals surface area contributed by atoms with Gasteiger partial charge in [-0.15, -0.1) is 0 Å². The molecule has 0 saturated carbocycles. The summed E-state index contributed by atoms with van der Waals surface area (Å²) >= 11 is 0. The molecule has 3 rings (SSSR count). The second kappa shape index (κ2) is 6.22. The van der Waals surface area contributed by atoms with Crippen LogP contribution in [0, 0.1) is 0 Å². The van der Waals surface area contributed by atoms with E-state index in [1.54, 1.807) is 30.2 Å². The number of benzene rings is 2. The standard InChI is InChI=1S/C19H16N2O/c1-21-14-18(13-20-21)19(22)12-9-15-7-10-17(11-8-15)16-5-3-2-4-6-16/h2-14H,1H3. The molecular formula is C19H16N2O. The molecule has 108 valence electrons. The van der Waals surface area contributed by atoms with E-state index in [1.165, 1.54) is 5.56 Å². The molecule has 0 N–H and O–H groups in total. The molecule has 22 heavy (non-hydrogen) atoms. The third-order valence-electron chi connectivity index (χ3n) is 3.43. The minimum atomic E-state index is -0.0414. The highest BCUT2D eigenvalue weighted by Crippen LogP contribution is 2.19. The van der Waals surface area contributed by atoms with Gasteiger partial charge in [-0.2, -0.15) is 5.10 Å². The van der Waals surface area contributed by atoms with Crippen LogP contribution in [0.1, 0.15) is 15.9 Å². The maximum Gasteiger partial charge on any atom is 0.189 e. The smallest absolute Gasteiger partial charge is 0.189 e. The van der Waals surface area contributed by atoms with Gasteiger partial charge in [0.05, 0.1) is 11.8 Å². The Labute approximate surface area is 129 Å². The van der Waals surface area contributed by atoms with Crippen LogP contribution in [0.15, 0.2) is 73.1 Å².